The topological polar surface area (TPSA) is 64.0 Å². The maximum Gasteiger partial charge on any atom is 0.263 e. The first-order valence-corrected chi connectivity index (χ1v) is 12.4. The lowest BCUT2D eigenvalue weighted by molar-refractivity contribution is -0.113. The van der Waals surface area contributed by atoms with Crippen LogP contribution in [0.5, 0.6) is 0 Å². The van der Waals surface area contributed by atoms with Crippen LogP contribution < -0.4 is 10.9 Å². The molecular weight excluding hydrogens is 450 g/mol. The molecule has 5 nitrogen and oxygen atoms in total. The minimum atomic E-state index is -0.134. The third-order valence-corrected chi connectivity index (χ3v) is 7.18. The average molecular weight is 476 g/mol. The Kier molecular flexibility index (Phi) is 6.81. The van der Waals surface area contributed by atoms with E-state index >= 15 is 0 Å². The lowest BCUT2D eigenvalue weighted by atomic mass is 10.1. The number of carbonyl (C=O) groups excluding carboxylic acids is 1. The van der Waals surface area contributed by atoms with Crippen LogP contribution in [0, 0.1) is 20.8 Å². The predicted octanol–water partition coefficient (Wildman–Crippen LogP) is 5.97. The number of thioether (sulfide) groups is 1. The molecule has 0 saturated carbocycles. The third-order valence-electron chi connectivity index (χ3n) is 5.33. The largest absolute Gasteiger partial charge is 0.325 e. The van der Waals surface area contributed by atoms with E-state index < -0.39 is 0 Å². The van der Waals surface area contributed by atoms with E-state index in [0.717, 1.165) is 33.5 Å². The van der Waals surface area contributed by atoms with Crippen molar-refractivity contribution in [3.05, 3.63) is 87.5 Å². The number of allylic oxidation sites excluding steroid dienone is 1. The Morgan fingerprint density at radius 2 is 1.88 bits per heavy atom. The number of anilines is 1. The number of hydrogen-bond acceptors (Lipinski definition) is 5. The van der Waals surface area contributed by atoms with Crippen molar-refractivity contribution in [2.45, 2.75) is 32.5 Å². The quantitative estimate of drug-likeness (QED) is 0.203. The summed E-state index contributed by atoms with van der Waals surface area (Å²) in [5.41, 5.74) is 5.80. The van der Waals surface area contributed by atoms with Crippen LogP contribution in [0.2, 0.25) is 0 Å². The smallest absolute Gasteiger partial charge is 0.263 e. The van der Waals surface area contributed by atoms with Gasteiger partial charge in [-0.3, -0.25) is 14.2 Å². The van der Waals surface area contributed by atoms with Crippen molar-refractivity contribution < 1.29 is 4.79 Å². The zero-order valence-corrected chi connectivity index (χ0v) is 20.5. The summed E-state index contributed by atoms with van der Waals surface area (Å²) in [5, 5.41) is 6.10. The molecule has 1 N–H and O–H groups in total. The van der Waals surface area contributed by atoms with Gasteiger partial charge < -0.3 is 5.32 Å². The fraction of sp³-hybridized carbons (Fsp3) is 0.192. The van der Waals surface area contributed by atoms with Gasteiger partial charge in [-0.1, -0.05) is 65.9 Å². The summed E-state index contributed by atoms with van der Waals surface area (Å²) in [6.45, 7) is 10.1. The minimum Gasteiger partial charge on any atom is -0.325 e. The molecule has 0 spiro atoms. The standard InChI is InChI=1S/C26H25N3O2S2/c1-5-11-29-25(31)22-20(19-9-7-6-8-10-19)14-32-24(22)28-26(29)33-15-21(30)27-23-17(3)12-16(2)13-18(23)4/h5-10,12-14H,1,11,15H2,2-4H3,(H,27,30). The number of thiophene rings is 1. The average Bonchev–Trinajstić information content (AvgIpc) is 3.22. The second-order valence-electron chi connectivity index (χ2n) is 7.90. The van der Waals surface area contributed by atoms with Crippen LogP contribution >= 0.6 is 23.1 Å². The monoisotopic (exact) mass is 475 g/mol. The van der Waals surface area contributed by atoms with Crippen LogP contribution in [0.25, 0.3) is 21.3 Å². The van der Waals surface area contributed by atoms with Crippen molar-refractivity contribution >= 4 is 44.9 Å². The highest BCUT2D eigenvalue weighted by atomic mass is 32.2. The van der Waals surface area contributed by atoms with Crippen molar-refractivity contribution in [1.82, 2.24) is 9.55 Å². The van der Waals surface area contributed by atoms with Gasteiger partial charge in [-0.2, -0.15) is 0 Å². The zero-order chi connectivity index (χ0) is 23.5. The molecule has 7 heteroatoms. The van der Waals surface area contributed by atoms with E-state index in [2.05, 4.69) is 11.9 Å². The number of benzene rings is 2. The number of hydrogen-bond donors (Lipinski definition) is 1. The molecule has 0 aliphatic carbocycles. The first kappa shape index (κ1) is 23.0. The van der Waals surface area contributed by atoms with Crippen molar-refractivity contribution in [3.8, 4) is 11.1 Å². The van der Waals surface area contributed by atoms with Crippen molar-refractivity contribution in [2.75, 3.05) is 11.1 Å². The van der Waals surface area contributed by atoms with E-state index in [-0.39, 0.29) is 17.2 Å². The lowest BCUT2D eigenvalue weighted by Crippen LogP contribution is -2.23. The van der Waals surface area contributed by atoms with Gasteiger partial charge in [-0.15, -0.1) is 17.9 Å². The third kappa shape index (κ3) is 4.79. The summed E-state index contributed by atoms with van der Waals surface area (Å²) < 4.78 is 1.59. The Labute approximate surface area is 201 Å². The minimum absolute atomic E-state index is 0.117. The molecule has 0 radical (unpaired) electrons. The second kappa shape index (κ2) is 9.77. The highest BCUT2D eigenvalue weighted by Crippen LogP contribution is 2.32. The lowest BCUT2D eigenvalue weighted by Gasteiger charge is -2.14. The molecule has 2 heterocycles. The van der Waals surface area contributed by atoms with Crippen LogP contribution in [0.4, 0.5) is 5.69 Å². The Morgan fingerprint density at radius 3 is 2.55 bits per heavy atom. The highest BCUT2D eigenvalue weighted by molar-refractivity contribution is 7.99. The molecule has 0 aliphatic rings. The molecule has 168 valence electrons. The van der Waals surface area contributed by atoms with Crippen molar-refractivity contribution in [3.63, 3.8) is 0 Å². The summed E-state index contributed by atoms with van der Waals surface area (Å²) >= 11 is 2.70. The second-order valence-corrected chi connectivity index (χ2v) is 9.71. The first-order valence-electron chi connectivity index (χ1n) is 10.6. The molecule has 4 aromatic rings. The number of aromatic nitrogens is 2. The number of aryl methyl sites for hydroxylation is 3. The van der Waals surface area contributed by atoms with E-state index in [1.807, 2.05) is 68.6 Å². The normalized spacial score (nSPS) is 11.0. The molecule has 4 rings (SSSR count). The molecule has 2 aromatic carbocycles. The van der Waals surface area contributed by atoms with E-state index in [4.69, 9.17) is 4.98 Å². The summed E-state index contributed by atoms with van der Waals surface area (Å²) in [6.07, 6.45) is 1.67. The van der Waals surface area contributed by atoms with E-state index in [1.54, 1.807) is 10.6 Å². The van der Waals surface area contributed by atoms with E-state index in [9.17, 15) is 9.59 Å². The number of nitrogens with zero attached hydrogens (tertiary/aromatic N) is 2. The Hall–Kier alpha value is -3.16. The Bertz CT molecular complexity index is 1380. The fourth-order valence-electron chi connectivity index (χ4n) is 3.92. The number of rotatable bonds is 7. The SMILES string of the molecule is C=CCn1c(SCC(=O)Nc2c(C)cc(C)cc2C)nc2scc(-c3ccccc3)c2c1=O. The molecule has 33 heavy (non-hydrogen) atoms. The number of carbonyl (C=O) groups is 1. The highest BCUT2D eigenvalue weighted by Gasteiger charge is 2.18. The van der Waals surface area contributed by atoms with Gasteiger partial charge in [-0.25, -0.2) is 4.98 Å². The Balaban J connectivity index is 1.63. The maximum absolute atomic E-state index is 13.4. The number of amides is 1. The summed E-state index contributed by atoms with van der Waals surface area (Å²) in [4.78, 5) is 31.6. The molecule has 1 amide bonds. The molecule has 0 unspecified atom stereocenters. The van der Waals surface area contributed by atoms with Gasteiger partial charge in [-0.05, 0) is 37.5 Å². The summed E-state index contributed by atoms with van der Waals surface area (Å²) in [5.74, 6) is 0.0179. The van der Waals surface area contributed by atoms with Gasteiger partial charge in [0.2, 0.25) is 5.91 Å². The van der Waals surface area contributed by atoms with Crippen LogP contribution in [0.15, 0.2) is 70.5 Å². The van der Waals surface area contributed by atoms with Crippen LogP contribution in [0.3, 0.4) is 0 Å². The fourth-order valence-corrected chi connectivity index (χ4v) is 5.72. The maximum atomic E-state index is 13.4. The molecular formula is C26H25N3O2S2. The van der Waals surface area contributed by atoms with Gasteiger partial charge in [0.05, 0.1) is 11.1 Å². The van der Waals surface area contributed by atoms with Crippen LogP contribution in [0.1, 0.15) is 16.7 Å². The van der Waals surface area contributed by atoms with Crippen LogP contribution in [-0.4, -0.2) is 21.2 Å². The van der Waals surface area contributed by atoms with Crippen molar-refractivity contribution in [2.24, 2.45) is 0 Å². The van der Waals surface area contributed by atoms with Gasteiger partial charge >= 0.3 is 0 Å². The number of nitrogens with one attached hydrogen (secondary N) is 1. The summed E-state index contributed by atoms with van der Waals surface area (Å²) in [6, 6.07) is 13.9. The van der Waals surface area contributed by atoms with E-state index in [0.29, 0.717) is 21.9 Å². The van der Waals surface area contributed by atoms with E-state index in [1.165, 1.54) is 23.1 Å². The molecule has 0 atom stereocenters. The molecule has 0 aliphatic heterocycles. The van der Waals surface area contributed by atoms with Gasteiger partial charge in [0.25, 0.3) is 5.56 Å². The van der Waals surface area contributed by atoms with Gasteiger partial charge in [0.1, 0.15) is 4.83 Å². The molecule has 0 bridgehead atoms. The van der Waals surface area contributed by atoms with Gasteiger partial charge in [0, 0.05) is 23.2 Å². The molecule has 2 aromatic heterocycles. The predicted molar refractivity (Wildman–Crippen MR) is 140 cm³/mol. The zero-order valence-electron chi connectivity index (χ0n) is 18.8. The molecule has 0 fully saturated rings. The van der Waals surface area contributed by atoms with Crippen LogP contribution in [-0.2, 0) is 11.3 Å². The summed E-state index contributed by atoms with van der Waals surface area (Å²) in [7, 11) is 0. The first-order chi connectivity index (χ1) is 15.9. The van der Waals surface area contributed by atoms with Crippen molar-refractivity contribution in [1.29, 1.82) is 0 Å². The van der Waals surface area contributed by atoms with Gasteiger partial charge in [0.15, 0.2) is 5.16 Å². The molecule has 0 saturated heterocycles. The Morgan fingerprint density at radius 1 is 1.18 bits per heavy atom. The number of fused-ring (bicyclic) bond motifs is 1.